The predicted molar refractivity (Wildman–Crippen MR) is 114 cm³/mol. The number of hydrogen-bond acceptors (Lipinski definition) is 6. The highest BCUT2D eigenvalue weighted by Crippen LogP contribution is 2.33. The number of anilines is 2. The molecule has 1 fully saturated rings. The lowest BCUT2D eigenvalue weighted by molar-refractivity contribution is -0.119. The molecule has 2 amide bonds. The van der Waals surface area contributed by atoms with Crippen molar-refractivity contribution in [2.45, 2.75) is 30.7 Å². The summed E-state index contributed by atoms with van der Waals surface area (Å²) in [4.78, 5) is 24.1. The maximum absolute atomic E-state index is 13.1. The Morgan fingerprint density at radius 2 is 1.65 bits per heavy atom. The van der Waals surface area contributed by atoms with Gasteiger partial charge in [0.1, 0.15) is 19.3 Å². The van der Waals surface area contributed by atoms with Crippen LogP contribution in [-0.2, 0) is 19.6 Å². The largest absolute Gasteiger partial charge is 0.486 e. The number of carbonyl (C=O) groups excluding carboxylic acids is 2. The summed E-state index contributed by atoms with van der Waals surface area (Å²) < 4.78 is 38.5. The van der Waals surface area contributed by atoms with Gasteiger partial charge in [-0.3, -0.25) is 9.59 Å². The molecule has 2 aromatic rings. The van der Waals surface area contributed by atoms with E-state index < -0.39 is 22.0 Å². The minimum absolute atomic E-state index is 0.0700. The van der Waals surface area contributed by atoms with Crippen molar-refractivity contribution in [1.82, 2.24) is 4.31 Å². The molecule has 164 valence electrons. The minimum Gasteiger partial charge on any atom is -0.486 e. The molecule has 0 saturated carbocycles. The molecule has 2 aromatic carbocycles. The Morgan fingerprint density at radius 1 is 0.968 bits per heavy atom. The smallest absolute Gasteiger partial charge is 0.243 e. The summed E-state index contributed by atoms with van der Waals surface area (Å²) >= 11 is 0. The zero-order valence-corrected chi connectivity index (χ0v) is 17.8. The van der Waals surface area contributed by atoms with Crippen LogP contribution in [0.4, 0.5) is 11.4 Å². The van der Waals surface area contributed by atoms with Crippen molar-refractivity contribution in [1.29, 1.82) is 0 Å². The molecule has 31 heavy (non-hydrogen) atoms. The number of benzene rings is 2. The van der Waals surface area contributed by atoms with E-state index in [1.54, 1.807) is 18.2 Å². The number of nitrogens with zero attached hydrogens (tertiary/aromatic N) is 1. The highest BCUT2D eigenvalue weighted by molar-refractivity contribution is 7.89. The fourth-order valence-corrected chi connectivity index (χ4v) is 5.34. The van der Waals surface area contributed by atoms with Crippen molar-refractivity contribution in [2.24, 2.45) is 0 Å². The number of nitrogens with one attached hydrogen (secondary N) is 2. The van der Waals surface area contributed by atoms with Gasteiger partial charge in [0.25, 0.3) is 0 Å². The van der Waals surface area contributed by atoms with E-state index >= 15 is 0 Å². The molecular weight excluding hydrogens is 422 g/mol. The third-order valence-corrected chi connectivity index (χ3v) is 7.02. The van der Waals surface area contributed by atoms with E-state index in [-0.39, 0.29) is 17.3 Å². The summed E-state index contributed by atoms with van der Waals surface area (Å²) in [7, 11) is -3.87. The number of amides is 2. The lowest BCUT2D eigenvalue weighted by Gasteiger charge is -2.24. The second kappa shape index (κ2) is 8.56. The van der Waals surface area contributed by atoms with E-state index in [1.165, 1.54) is 35.5 Å². The van der Waals surface area contributed by atoms with E-state index in [4.69, 9.17) is 9.47 Å². The van der Waals surface area contributed by atoms with Crippen LogP contribution in [0, 0.1) is 0 Å². The van der Waals surface area contributed by atoms with E-state index in [0.29, 0.717) is 48.9 Å². The number of rotatable bonds is 5. The maximum Gasteiger partial charge on any atom is 0.243 e. The first-order chi connectivity index (χ1) is 14.8. The summed E-state index contributed by atoms with van der Waals surface area (Å²) in [5, 5.41) is 5.39. The Labute approximate surface area is 180 Å². The summed E-state index contributed by atoms with van der Waals surface area (Å²) in [6, 6.07) is 10.2. The van der Waals surface area contributed by atoms with Crippen LogP contribution in [0.3, 0.4) is 0 Å². The van der Waals surface area contributed by atoms with E-state index in [0.717, 1.165) is 0 Å². The van der Waals surface area contributed by atoms with Crippen molar-refractivity contribution >= 4 is 33.2 Å². The maximum atomic E-state index is 13.1. The number of sulfonamides is 1. The first-order valence-electron chi connectivity index (χ1n) is 9.94. The highest BCUT2D eigenvalue weighted by atomic mass is 32.2. The Bertz CT molecular complexity index is 1100. The Kier molecular flexibility index (Phi) is 5.84. The second-order valence-electron chi connectivity index (χ2n) is 7.33. The standard InChI is InChI=1S/C21H23N3O6S/c1-14(25)22-15-4-7-17(8-5-15)31(27,28)24-10-2-3-18(24)21(26)23-16-6-9-19-20(13-16)30-12-11-29-19/h4-9,13,18H,2-3,10-12H2,1H3,(H,22,25)(H,23,26)/t18-/m1/s1. The van der Waals surface area contributed by atoms with Gasteiger partial charge in [0, 0.05) is 30.9 Å². The molecule has 2 N–H and O–H groups in total. The molecule has 0 bridgehead atoms. The number of fused-ring (bicyclic) bond motifs is 1. The van der Waals surface area contributed by atoms with Crippen LogP contribution in [-0.4, -0.2) is 50.3 Å². The zero-order valence-electron chi connectivity index (χ0n) is 17.0. The average molecular weight is 445 g/mol. The van der Waals surface area contributed by atoms with Gasteiger partial charge in [0.2, 0.25) is 21.8 Å². The van der Waals surface area contributed by atoms with Gasteiger partial charge >= 0.3 is 0 Å². The van der Waals surface area contributed by atoms with Crippen LogP contribution >= 0.6 is 0 Å². The van der Waals surface area contributed by atoms with E-state index in [2.05, 4.69) is 10.6 Å². The van der Waals surface area contributed by atoms with Crippen LogP contribution in [0.15, 0.2) is 47.4 Å². The quantitative estimate of drug-likeness (QED) is 0.729. The fraction of sp³-hybridized carbons (Fsp3) is 0.333. The minimum atomic E-state index is -3.87. The highest BCUT2D eigenvalue weighted by Gasteiger charge is 2.39. The van der Waals surface area contributed by atoms with Crippen molar-refractivity contribution < 1.29 is 27.5 Å². The molecule has 1 atom stereocenters. The molecule has 4 rings (SSSR count). The lowest BCUT2D eigenvalue weighted by atomic mass is 10.2. The molecule has 0 spiro atoms. The van der Waals surface area contributed by atoms with Crippen LogP contribution in [0.1, 0.15) is 19.8 Å². The van der Waals surface area contributed by atoms with Crippen molar-refractivity contribution in [2.75, 3.05) is 30.4 Å². The van der Waals surface area contributed by atoms with Gasteiger partial charge in [-0.15, -0.1) is 0 Å². The number of ether oxygens (including phenoxy) is 2. The molecule has 0 aliphatic carbocycles. The number of carbonyl (C=O) groups is 2. The molecule has 9 nitrogen and oxygen atoms in total. The summed E-state index contributed by atoms with van der Waals surface area (Å²) in [5.41, 5.74) is 1.01. The Balaban J connectivity index is 1.50. The van der Waals surface area contributed by atoms with Gasteiger partial charge < -0.3 is 20.1 Å². The molecule has 0 radical (unpaired) electrons. The summed E-state index contributed by atoms with van der Waals surface area (Å²) in [6.45, 7) is 2.54. The molecular formula is C21H23N3O6S. The van der Waals surface area contributed by atoms with Gasteiger partial charge in [-0.05, 0) is 49.2 Å². The summed E-state index contributed by atoms with van der Waals surface area (Å²) in [6.07, 6.45) is 1.02. The van der Waals surface area contributed by atoms with E-state index in [9.17, 15) is 18.0 Å². The lowest BCUT2D eigenvalue weighted by Crippen LogP contribution is -2.43. The molecule has 2 aliphatic heterocycles. The molecule has 10 heteroatoms. The third kappa shape index (κ3) is 4.49. The second-order valence-corrected chi connectivity index (χ2v) is 9.22. The van der Waals surface area contributed by atoms with Crippen molar-refractivity contribution in [3.8, 4) is 11.5 Å². The van der Waals surface area contributed by atoms with Crippen molar-refractivity contribution in [3.05, 3.63) is 42.5 Å². The molecule has 2 aliphatic rings. The summed E-state index contributed by atoms with van der Waals surface area (Å²) in [5.74, 6) is 0.509. The average Bonchev–Trinajstić information content (AvgIpc) is 3.25. The van der Waals surface area contributed by atoms with Gasteiger partial charge in [0.15, 0.2) is 11.5 Å². The predicted octanol–water partition coefficient (Wildman–Crippen LogP) is 2.21. The molecule has 0 aromatic heterocycles. The van der Waals surface area contributed by atoms with Gasteiger partial charge in [-0.2, -0.15) is 4.31 Å². The monoisotopic (exact) mass is 445 g/mol. The van der Waals surface area contributed by atoms with Crippen LogP contribution in [0.2, 0.25) is 0 Å². The first-order valence-corrected chi connectivity index (χ1v) is 11.4. The van der Waals surface area contributed by atoms with E-state index in [1.807, 2.05) is 0 Å². The Morgan fingerprint density at radius 3 is 2.35 bits per heavy atom. The zero-order chi connectivity index (χ0) is 22.0. The topological polar surface area (TPSA) is 114 Å². The Hall–Kier alpha value is -3.11. The van der Waals surface area contributed by atoms with Crippen molar-refractivity contribution in [3.63, 3.8) is 0 Å². The first kappa shape index (κ1) is 21.1. The SMILES string of the molecule is CC(=O)Nc1ccc(S(=O)(=O)N2CCC[C@@H]2C(=O)Nc2ccc3c(c2)OCCO3)cc1. The normalized spacial score (nSPS) is 18.4. The molecule has 2 heterocycles. The van der Waals surface area contributed by atoms with Crippen LogP contribution < -0.4 is 20.1 Å². The van der Waals surface area contributed by atoms with Crippen LogP contribution in [0.25, 0.3) is 0 Å². The van der Waals surface area contributed by atoms with Gasteiger partial charge in [0.05, 0.1) is 4.90 Å². The molecule has 1 saturated heterocycles. The molecule has 0 unspecified atom stereocenters. The number of hydrogen-bond donors (Lipinski definition) is 2. The van der Waals surface area contributed by atoms with Crippen LogP contribution in [0.5, 0.6) is 11.5 Å². The fourth-order valence-electron chi connectivity index (χ4n) is 3.69. The van der Waals surface area contributed by atoms with Gasteiger partial charge in [-0.25, -0.2) is 8.42 Å². The van der Waals surface area contributed by atoms with Gasteiger partial charge in [-0.1, -0.05) is 0 Å². The third-order valence-electron chi connectivity index (χ3n) is 5.10.